The Bertz CT molecular complexity index is 535. The molecule has 17 heavy (non-hydrogen) atoms. The fourth-order valence-electron chi connectivity index (χ4n) is 1.48. The Morgan fingerprint density at radius 2 is 2.47 bits per heavy atom. The molecule has 92 valence electrons. The predicted molar refractivity (Wildman–Crippen MR) is 68.4 cm³/mol. The first-order chi connectivity index (χ1) is 8.31. The van der Waals surface area contributed by atoms with E-state index in [2.05, 4.69) is 15.3 Å². The van der Waals surface area contributed by atoms with E-state index >= 15 is 0 Å². The molecule has 5 nitrogen and oxygen atoms in total. The van der Waals surface area contributed by atoms with E-state index in [1.807, 2.05) is 18.4 Å². The molecule has 2 rings (SSSR count). The third-order valence-corrected chi connectivity index (χ3v) is 3.18. The molecule has 0 radical (unpaired) electrons. The Labute approximate surface area is 103 Å². The van der Waals surface area contributed by atoms with Crippen molar-refractivity contribution in [3.63, 3.8) is 0 Å². The summed E-state index contributed by atoms with van der Waals surface area (Å²) < 4.78 is 6.08. The Kier molecular flexibility index (Phi) is 4.24. The van der Waals surface area contributed by atoms with Gasteiger partial charge in [0.05, 0.1) is 12.1 Å². The summed E-state index contributed by atoms with van der Waals surface area (Å²) in [6.07, 6.45) is 0. The second-order valence-corrected chi connectivity index (χ2v) is 4.47. The van der Waals surface area contributed by atoms with Crippen LogP contribution >= 0.6 is 11.3 Å². The zero-order valence-electron chi connectivity index (χ0n) is 9.66. The first-order valence-corrected chi connectivity index (χ1v) is 6.44. The highest BCUT2D eigenvalue weighted by molar-refractivity contribution is 7.17. The lowest BCUT2D eigenvalue weighted by molar-refractivity contribution is 0.118. The first kappa shape index (κ1) is 12.2. The third-order valence-electron chi connectivity index (χ3n) is 2.28. The number of thiophene rings is 1. The normalized spacial score (nSPS) is 11.1. The number of nitrogens with one attached hydrogen (secondary N) is 2. The van der Waals surface area contributed by atoms with Crippen LogP contribution in [0.4, 0.5) is 0 Å². The molecule has 0 fully saturated rings. The van der Waals surface area contributed by atoms with Crippen LogP contribution in [0.15, 0.2) is 16.2 Å². The molecule has 0 amide bonds. The van der Waals surface area contributed by atoms with Crippen LogP contribution < -0.4 is 10.9 Å². The molecule has 0 unspecified atom stereocenters. The van der Waals surface area contributed by atoms with Crippen molar-refractivity contribution < 1.29 is 4.74 Å². The zero-order chi connectivity index (χ0) is 12.1. The average molecular weight is 253 g/mol. The van der Waals surface area contributed by atoms with Crippen LogP contribution in [-0.4, -0.2) is 29.7 Å². The maximum Gasteiger partial charge on any atom is 0.268 e. The SMILES string of the molecule is CCNCCOCc1nc2ccsc2c(=O)[nH]1. The topological polar surface area (TPSA) is 67.0 Å². The van der Waals surface area contributed by atoms with Crippen LogP contribution in [-0.2, 0) is 11.3 Å². The van der Waals surface area contributed by atoms with Gasteiger partial charge in [-0.1, -0.05) is 6.92 Å². The molecule has 2 aromatic rings. The van der Waals surface area contributed by atoms with Gasteiger partial charge in [-0.2, -0.15) is 0 Å². The maximum absolute atomic E-state index is 11.6. The van der Waals surface area contributed by atoms with Gasteiger partial charge in [-0.15, -0.1) is 11.3 Å². The highest BCUT2D eigenvalue weighted by atomic mass is 32.1. The highest BCUT2D eigenvalue weighted by Crippen LogP contribution is 2.13. The molecule has 0 atom stereocenters. The van der Waals surface area contributed by atoms with E-state index in [9.17, 15) is 4.79 Å². The molecule has 0 aromatic carbocycles. The minimum atomic E-state index is -0.0877. The first-order valence-electron chi connectivity index (χ1n) is 5.56. The van der Waals surface area contributed by atoms with Gasteiger partial charge in [0.1, 0.15) is 17.1 Å². The molecule has 2 aromatic heterocycles. The number of aromatic nitrogens is 2. The number of likely N-dealkylation sites (N-methyl/N-ethyl adjacent to an activating group) is 1. The van der Waals surface area contributed by atoms with Gasteiger partial charge in [-0.25, -0.2) is 4.98 Å². The second-order valence-electron chi connectivity index (χ2n) is 3.55. The largest absolute Gasteiger partial charge is 0.372 e. The van der Waals surface area contributed by atoms with Crippen LogP contribution in [0.3, 0.4) is 0 Å². The van der Waals surface area contributed by atoms with Gasteiger partial charge in [-0.05, 0) is 18.0 Å². The Hall–Kier alpha value is -1.24. The van der Waals surface area contributed by atoms with E-state index < -0.39 is 0 Å². The summed E-state index contributed by atoms with van der Waals surface area (Å²) in [5, 5.41) is 5.02. The molecule has 0 aliphatic carbocycles. The van der Waals surface area contributed by atoms with Gasteiger partial charge in [0, 0.05) is 6.54 Å². The molecule has 2 heterocycles. The van der Waals surface area contributed by atoms with Gasteiger partial charge >= 0.3 is 0 Å². The molecule has 0 saturated heterocycles. The van der Waals surface area contributed by atoms with E-state index in [-0.39, 0.29) is 5.56 Å². The second kappa shape index (κ2) is 5.90. The van der Waals surface area contributed by atoms with Gasteiger partial charge in [0.2, 0.25) is 0 Å². The van der Waals surface area contributed by atoms with Crippen LogP contribution in [0.2, 0.25) is 0 Å². The lowest BCUT2D eigenvalue weighted by atomic mass is 10.4. The zero-order valence-corrected chi connectivity index (χ0v) is 10.5. The standard InChI is InChI=1S/C11H15N3O2S/c1-2-12-4-5-16-7-9-13-8-3-6-17-10(8)11(15)14-9/h3,6,12H,2,4-5,7H2,1H3,(H,13,14,15). The van der Waals surface area contributed by atoms with Crippen molar-refractivity contribution in [3.05, 3.63) is 27.6 Å². The van der Waals surface area contributed by atoms with Crippen LogP contribution in [0, 0.1) is 0 Å². The van der Waals surface area contributed by atoms with Gasteiger partial charge < -0.3 is 15.0 Å². The summed E-state index contributed by atoms with van der Waals surface area (Å²) in [6.45, 7) is 4.73. The summed E-state index contributed by atoms with van der Waals surface area (Å²) in [4.78, 5) is 18.7. The number of hydrogen-bond acceptors (Lipinski definition) is 5. The van der Waals surface area contributed by atoms with Crippen molar-refractivity contribution in [1.82, 2.24) is 15.3 Å². The molecule has 0 saturated carbocycles. The molecule has 0 spiro atoms. The quantitative estimate of drug-likeness (QED) is 0.757. The van der Waals surface area contributed by atoms with E-state index in [0.29, 0.717) is 23.7 Å². The van der Waals surface area contributed by atoms with Gasteiger partial charge in [0.25, 0.3) is 5.56 Å². The summed E-state index contributed by atoms with van der Waals surface area (Å²) in [5.41, 5.74) is 0.652. The monoisotopic (exact) mass is 253 g/mol. The number of aromatic amines is 1. The Morgan fingerprint density at radius 1 is 1.59 bits per heavy atom. The van der Waals surface area contributed by atoms with E-state index in [1.165, 1.54) is 11.3 Å². The van der Waals surface area contributed by atoms with E-state index in [1.54, 1.807) is 0 Å². The number of nitrogens with zero attached hydrogens (tertiary/aromatic N) is 1. The van der Waals surface area contributed by atoms with Crippen LogP contribution in [0.1, 0.15) is 12.7 Å². The van der Waals surface area contributed by atoms with E-state index in [4.69, 9.17) is 4.74 Å². The number of hydrogen-bond donors (Lipinski definition) is 2. The summed E-state index contributed by atoms with van der Waals surface area (Å²) >= 11 is 1.40. The van der Waals surface area contributed by atoms with Gasteiger partial charge in [-0.3, -0.25) is 4.79 Å². The van der Waals surface area contributed by atoms with Crippen molar-refractivity contribution >= 4 is 21.6 Å². The van der Waals surface area contributed by atoms with Crippen molar-refractivity contribution in [2.75, 3.05) is 19.7 Å². The molecule has 0 aliphatic heterocycles. The molecule has 6 heteroatoms. The van der Waals surface area contributed by atoms with Crippen molar-refractivity contribution in [2.45, 2.75) is 13.5 Å². The number of fused-ring (bicyclic) bond motifs is 1. The third kappa shape index (κ3) is 3.12. The predicted octanol–water partition coefficient (Wildman–Crippen LogP) is 1.11. The molecule has 0 aliphatic rings. The molecular weight excluding hydrogens is 238 g/mol. The van der Waals surface area contributed by atoms with Gasteiger partial charge in [0.15, 0.2) is 0 Å². The Balaban J connectivity index is 1.97. The number of H-pyrrole nitrogens is 1. The number of rotatable bonds is 6. The number of ether oxygens (including phenoxy) is 1. The average Bonchev–Trinajstić information content (AvgIpc) is 2.77. The fourth-order valence-corrected chi connectivity index (χ4v) is 2.21. The molecule has 0 bridgehead atoms. The molecule has 2 N–H and O–H groups in total. The maximum atomic E-state index is 11.6. The fraction of sp³-hybridized carbons (Fsp3) is 0.455. The minimum absolute atomic E-state index is 0.0877. The summed E-state index contributed by atoms with van der Waals surface area (Å²) in [6, 6.07) is 1.84. The smallest absolute Gasteiger partial charge is 0.268 e. The van der Waals surface area contributed by atoms with E-state index in [0.717, 1.165) is 18.6 Å². The van der Waals surface area contributed by atoms with Crippen LogP contribution in [0.25, 0.3) is 10.2 Å². The Morgan fingerprint density at radius 3 is 3.29 bits per heavy atom. The van der Waals surface area contributed by atoms with Crippen LogP contribution in [0.5, 0.6) is 0 Å². The highest BCUT2D eigenvalue weighted by Gasteiger charge is 2.04. The lowest BCUT2D eigenvalue weighted by Gasteiger charge is -2.04. The van der Waals surface area contributed by atoms with Crippen molar-refractivity contribution in [2.24, 2.45) is 0 Å². The molecular formula is C11H15N3O2S. The summed E-state index contributed by atoms with van der Waals surface area (Å²) in [5.74, 6) is 0.581. The van der Waals surface area contributed by atoms with Crippen molar-refractivity contribution in [1.29, 1.82) is 0 Å². The lowest BCUT2D eigenvalue weighted by Crippen LogP contribution is -2.19. The van der Waals surface area contributed by atoms with Crippen molar-refractivity contribution in [3.8, 4) is 0 Å². The minimum Gasteiger partial charge on any atom is -0.372 e. The summed E-state index contributed by atoms with van der Waals surface area (Å²) in [7, 11) is 0.